The van der Waals surface area contributed by atoms with Crippen LogP contribution in [-0.2, 0) is 0 Å². The molecular weight excluding hydrogens is 207 g/mol. The highest BCUT2D eigenvalue weighted by atomic mass is 19.1. The lowest BCUT2D eigenvalue weighted by atomic mass is 10.1. The van der Waals surface area contributed by atoms with Crippen molar-refractivity contribution < 1.29 is 9.50 Å². The maximum absolute atomic E-state index is 13.6. The van der Waals surface area contributed by atoms with Gasteiger partial charge in [0, 0.05) is 12.7 Å². The zero-order valence-electron chi connectivity index (χ0n) is 9.27. The largest absolute Gasteiger partial charge is 0.394 e. The number of nitrogens with zero attached hydrogens (tertiary/aromatic N) is 2. The first-order valence-electron chi connectivity index (χ1n) is 5.81. The summed E-state index contributed by atoms with van der Waals surface area (Å²) in [6, 6.07) is 3.01. The molecule has 1 aromatic heterocycles. The standard InChI is InChI=1S/C12H17FN2O/c13-11-6-4-7-14-12(11)15-8-3-1-2-5-10(15)9-16/h4,6-7,10,16H,1-3,5,8-9H2. The number of anilines is 1. The minimum Gasteiger partial charge on any atom is -0.394 e. The van der Waals surface area contributed by atoms with Crippen molar-refractivity contribution >= 4 is 5.82 Å². The molecular formula is C12H17FN2O. The normalized spacial score (nSPS) is 21.9. The van der Waals surface area contributed by atoms with Crippen molar-refractivity contribution in [1.29, 1.82) is 0 Å². The molecule has 0 amide bonds. The zero-order chi connectivity index (χ0) is 11.4. The molecule has 1 unspecified atom stereocenters. The quantitative estimate of drug-likeness (QED) is 0.834. The maximum Gasteiger partial charge on any atom is 0.165 e. The van der Waals surface area contributed by atoms with Crippen molar-refractivity contribution in [1.82, 2.24) is 4.98 Å². The van der Waals surface area contributed by atoms with E-state index in [1.165, 1.54) is 6.07 Å². The first kappa shape index (κ1) is 11.3. The molecule has 3 nitrogen and oxygen atoms in total. The van der Waals surface area contributed by atoms with Crippen LogP contribution < -0.4 is 4.90 Å². The van der Waals surface area contributed by atoms with E-state index in [9.17, 15) is 9.50 Å². The zero-order valence-corrected chi connectivity index (χ0v) is 9.27. The number of aliphatic hydroxyl groups excluding tert-OH is 1. The Bertz CT molecular complexity index is 346. The molecule has 0 saturated carbocycles. The maximum atomic E-state index is 13.6. The monoisotopic (exact) mass is 224 g/mol. The van der Waals surface area contributed by atoms with E-state index in [1.54, 1.807) is 12.3 Å². The molecule has 0 aromatic carbocycles. The number of hydrogen-bond donors (Lipinski definition) is 1. The van der Waals surface area contributed by atoms with Crippen LogP contribution in [0.3, 0.4) is 0 Å². The van der Waals surface area contributed by atoms with Crippen LogP contribution >= 0.6 is 0 Å². The lowest BCUT2D eigenvalue weighted by molar-refractivity contribution is 0.254. The van der Waals surface area contributed by atoms with Crippen LogP contribution in [0, 0.1) is 5.82 Å². The first-order valence-corrected chi connectivity index (χ1v) is 5.81. The van der Waals surface area contributed by atoms with Crippen LogP contribution in [0.1, 0.15) is 25.7 Å². The minimum atomic E-state index is -0.303. The van der Waals surface area contributed by atoms with Crippen LogP contribution in [0.15, 0.2) is 18.3 Å². The van der Waals surface area contributed by atoms with E-state index in [-0.39, 0.29) is 18.5 Å². The number of rotatable bonds is 2. The predicted octanol–water partition coefficient (Wildman–Crippen LogP) is 1.96. The Morgan fingerprint density at radius 3 is 3.06 bits per heavy atom. The fourth-order valence-electron chi connectivity index (χ4n) is 2.23. The summed E-state index contributed by atoms with van der Waals surface area (Å²) in [4.78, 5) is 5.99. The number of hydrogen-bond acceptors (Lipinski definition) is 3. The third kappa shape index (κ3) is 2.32. The van der Waals surface area contributed by atoms with Gasteiger partial charge in [0.2, 0.25) is 0 Å². The highest BCUT2D eigenvalue weighted by Crippen LogP contribution is 2.24. The third-order valence-corrected chi connectivity index (χ3v) is 3.10. The van der Waals surface area contributed by atoms with Crippen molar-refractivity contribution in [3.8, 4) is 0 Å². The molecule has 88 valence electrons. The van der Waals surface area contributed by atoms with Crippen molar-refractivity contribution in [3.05, 3.63) is 24.1 Å². The Hall–Kier alpha value is -1.16. The number of halogens is 1. The van der Waals surface area contributed by atoms with Crippen molar-refractivity contribution in [3.63, 3.8) is 0 Å². The van der Waals surface area contributed by atoms with Gasteiger partial charge in [-0.3, -0.25) is 0 Å². The van der Waals surface area contributed by atoms with Gasteiger partial charge < -0.3 is 10.0 Å². The topological polar surface area (TPSA) is 36.4 Å². The fraction of sp³-hybridized carbons (Fsp3) is 0.583. The van der Waals surface area contributed by atoms with Gasteiger partial charge in [-0.2, -0.15) is 0 Å². The van der Waals surface area contributed by atoms with E-state index in [0.29, 0.717) is 5.82 Å². The molecule has 1 atom stereocenters. The number of aromatic nitrogens is 1. The Labute approximate surface area is 94.9 Å². The second-order valence-corrected chi connectivity index (χ2v) is 4.19. The Balaban J connectivity index is 2.25. The molecule has 2 heterocycles. The molecule has 0 aliphatic carbocycles. The summed E-state index contributed by atoms with van der Waals surface area (Å²) in [7, 11) is 0. The van der Waals surface area contributed by atoms with Crippen LogP contribution in [0.25, 0.3) is 0 Å². The highest BCUT2D eigenvalue weighted by Gasteiger charge is 2.23. The van der Waals surface area contributed by atoms with E-state index >= 15 is 0 Å². The summed E-state index contributed by atoms with van der Waals surface area (Å²) in [6.07, 6.45) is 5.77. The van der Waals surface area contributed by atoms with Gasteiger partial charge in [-0.05, 0) is 25.0 Å². The van der Waals surface area contributed by atoms with Crippen LogP contribution in [0.5, 0.6) is 0 Å². The highest BCUT2D eigenvalue weighted by molar-refractivity contribution is 5.41. The van der Waals surface area contributed by atoms with Gasteiger partial charge in [0.1, 0.15) is 0 Å². The summed E-state index contributed by atoms with van der Waals surface area (Å²) >= 11 is 0. The van der Waals surface area contributed by atoms with E-state index in [2.05, 4.69) is 4.98 Å². The van der Waals surface area contributed by atoms with Crippen molar-refractivity contribution in [2.75, 3.05) is 18.1 Å². The summed E-state index contributed by atoms with van der Waals surface area (Å²) in [5.74, 6) is 0.0753. The van der Waals surface area contributed by atoms with Gasteiger partial charge in [-0.1, -0.05) is 12.8 Å². The van der Waals surface area contributed by atoms with Crippen molar-refractivity contribution in [2.45, 2.75) is 31.7 Å². The summed E-state index contributed by atoms with van der Waals surface area (Å²) < 4.78 is 13.6. The van der Waals surface area contributed by atoms with E-state index in [1.807, 2.05) is 4.90 Å². The second kappa shape index (κ2) is 5.25. The van der Waals surface area contributed by atoms with E-state index < -0.39 is 0 Å². The Kier molecular flexibility index (Phi) is 3.72. The molecule has 4 heteroatoms. The SMILES string of the molecule is OCC1CCCCCN1c1ncccc1F. The van der Waals surface area contributed by atoms with Crippen LogP contribution in [0.4, 0.5) is 10.2 Å². The van der Waals surface area contributed by atoms with Crippen LogP contribution in [-0.4, -0.2) is 29.3 Å². The molecule has 16 heavy (non-hydrogen) atoms. The summed E-state index contributed by atoms with van der Waals surface area (Å²) in [5, 5.41) is 9.35. The second-order valence-electron chi connectivity index (χ2n) is 4.19. The Morgan fingerprint density at radius 2 is 2.31 bits per heavy atom. The fourth-order valence-corrected chi connectivity index (χ4v) is 2.23. The van der Waals surface area contributed by atoms with Crippen LogP contribution in [0.2, 0.25) is 0 Å². The number of aliphatic hydroxyl groups is 1. The average Bonchev–Trinajstić information content (AvgIpc) is 2.54. The lowest BCUT2D eigenvalue weighted by Gasteiger charge is -2.29. The van der Waals surface area contributed by atoms with Gasteiger partial charge in [0.15, 0.2) is 11.6 Å². The molecule has 1 aliphatic heterocycles. The first-order chi connectivity index (χ1) is 7.83. The van der Waals surface area contributed by atoms with Crippen molar-refractivity contribution in [2.24, 2.45) is 0 Å². The molecule has 1 aliphatic rings. The molecule has 0 radical (unpaired) electrons. The van der Waals surface area contributed by atoms with Gasteiger partial charge >= 0.3 is 0 Å². The smallest absolute Gasteiger partial charge is 0.165 e. The molecule has 2 rings (SSSR count). The molecule has 1 saturated heterocycles. The minimum absolute atomic E-state index is 0.00639. The van der Waals surface area contributed by atoms with E-state index in [0.717, 1.165) is 32.2 Å². The molecule has 0 spiro atoms. The third-order valence-electron chi connectivity index (χ3n) is 3.10. The summed E-state index contributed by atoms with van der Waals surface area (Å²) in [6.45, 7) is 0.842. The Morgan fingerprint density at radius 1 is 1.44 bits per heavy atom. The average molecular weight is 224 g/mol. The molecule has 1 aromatic rings. The molecule has 1 fully saturated rings. The van der Waals surface area contributed by atoms with E-state index in [4.69, 9.17) is 0 Å². The summed E-state index contributed by atoms with van der Waals surface area (Å²) in [5.41, 5.74) is 0. The van der Waals surface area contributed by atoms with Gasteiger partial charge in [0.25, 0.3) is 0 Å². The molecule has 0 bridgehead atoms. The van der Waals surface area contributed by atoms with Gasteiger partial charge in [-0.15, -0.1) is 0 Å². The lowest BCUT2D eigenvalue weighted by Crippen LogP contribution is -2.38. The van der Waals surface area contributed by atoms with Gasteiger partial charge in [0.05, 0.1) is 12.6 Å². The predicted molar refractivity (Wildman–Crippen MR) is 60.9 cm³/mol. The number of pyridine rings is 1. The van der Waals surface area contributed by atoms with Gasteiger partial charge in [-0.25, -0.2) is 9.37 Å². The molecule has 1 N–H and O–H groups in total.